The van der Waals surface area contributed by atoms with Gasteiger partial charge in [0.2, 0.25) is 0 Å². The van der Waals surface area contributed by atoms with E-state index in [9.17, 15) is 0 Å². The molecule has 0 radical (unpaired) electrons. The lowest BCUT2D eigenvalue weighted by Crippen LogP contribution is -2.24. The zero-order chi connectivity index (χ0) is 25.5. The molecule has 38 heavy (non-hydrogen) atoms. The fraction of sp³-hybridized carbons (Fsp3) is 0.114. The number of nitrogens with one attached hydrogen (secondary N) is 1. The van der Waals surface area contributed by atoms with Gasteiger partial charge in [-0.25, -0.2) is 0 Å². The van der Waals surface area contributed by atoms with Crippen LogP contribution >= 0.6 is 0 Å². The highest BCUT2D eigenvalue weighted by molar-refractivity contribution is 6.13. The average Bonchev–Trinajstić information content (AvgIpc) is 3.32. The first-order chi connectivity index (χ1) is 18.7. The molecule has 184 valence electrons. The van der Waals surface area contributed by atoms with Crippen LogP contribution in [0.15, 0.2) is 120 Å². The van der Waals surface area contributed by atoms with E-state index in [2.05, 4.69) is 132 Å². The van der Waals surface area contributed by atoms with Gasteiger partial charge in [-0.3, -0.25) is 4.99 Å². The van der Waals surface area contributed by atoms with E-state index < -0.39 is 0 Å². The van der Waals surface area contributed by atoms with Crippen LogP contribution in [-0.2, 0) is 6.42 Å². The Bertz CT molecular complexity index is 1720. The molecule has 1 N–H and O–H groups in total. The lowest BCUT2D eigenvalue weighted by Gasteiger charge is -2.25. The molecule has 0 fully saturated rings. The number of para-hydroxylation sites is 1. The smallest absolute Gasteiger partial charge is 0.145 e. The van der Waals surface area contributed by atoms with Crippen LogP contribution in [0, 0.1) is 6.92 Å². The Labute approximate surface area is 223 Å². The number of benzene rings is 4. The number of fused-ring (bicyclic) bond motifs is 3. The van der Waals surface area contributed by atoms with Crippen molar-refractivity contribution in [2.75, 3.05) is 0 Å². The van der Waals surface area contributed by atoms with Crippen molar-refractivity contribution in [3.05, 3.63) is 149 Å². The van der Waals surface area contributed by atoms with Gasteiger partial charge >= 0.3 is 0 Å². The van der Waals surface area contributed by atoms with Crippen molar-refractivity contribution in [1.29, 1.82) is 0 Å². The number of hydrogen-bond acceptors (Lipinski definition) is 2. The Hall–Kier alpha value is -4.63. The van der Waals surface area contributed by atoms with Crippen LogP contribution in [0.2, 0.25) is 0 Å². The van der Waals surface area contributed by atoms with Crippen LogP contribution in [0.3, 0.4) is 0 Å². The molecule has 0 spiro atoms. The van der Waals surface area contributed by atoms with Gasteiger partial charge in [0.05, 0.1) is 11.2 Å². The first-order valence-corrected chi connectivity index (χ1v) is 13.3. The summed E-state index contributed by atoms with van der Waals surface area (Å²) in [5.41, 5.74) is 12.0. The molecule has 0 saturated carbocycles. The summed E-state index contributed by atoms with van der Waals surface area (Å²) in [5, 5.41) is 4.98. The monoisotopic (exact) mass is 491 g/mol. The summed E-state index contributed by atoms with van der Waals surface area (Å²) in [4.78, 5) is 5.14. The van der Waals surface area contributed by atoms with Crippen LogP contribution in [0.5, 0.6) is 0 Å². The summed E-state index contributed by atoms with van der Waals surface area (Å²) in [6.07, 6.45) is 8.76. The van der Waals surface area contributed by atoms with E-state index in [0.29, 0.717) is 0 Å². The van der Waals surface area contributed by atoms with Crippen molar-refractivity contribution < 1.29 is 0 Å². The van der Waals surface area contributed by atoms with Gasteiger partial charge in [0.15, 0.2) is 0 Å². The molecule has 0 saturated heterocycles. The molecule has 5 aromatic rings. The number of aromatic nitrogens is 1. The predicted octanol–water partition coefficient (Wildman–Crippen LogP) is 8.03. The van der Waals surface area contributed by atoms with Crippen molar-refractivity contribution >= 4 is 28.4 Å². The van der Waals surface area contributed by atoms with E-state index in [1.165, 1.54) is 39.0 Å². The van der Waals surface area contributed by atoms with Gasteiger partial charge in [0, 0.05) is 28.0 Å². The van der Waals surface area contributed by atoms with Gasteiger partial charge in [0.25, 0.3) is 0 Å². The topological polar surface area (TPSA) is 29.3 Å². The molecule has 1 aromatic heterocycles. The normalized spacial score (nSPS) is 16.5. The second kappa shape index (κ2) is 9.35. The molecule has 7 rings (SSSR count). The molecular formula is C35H29N3. The van der Waals surface area contributed by atoms with Crippen LogP contribution < -0.4 is 5.32 Å². The molecule has 1 unspecified atom stereocenters. The van der Waals surface area contributed by atoms with Crippen molar-refractivity contribution in [2.24, 2.45) is 4.99 Å². The van der Waals surface area contributed by atoms with Crippen LogP contribution in [-0.4, -0.2) is 10.3 Å². The Morgan fingerprint density at radius 2 is 1.53 bits per heavy atom. The molecule has 2 heterocycles. The summed E-state index contributed by atoms with van der Waals surface area (Å²) in [5.74, 6) is 0. The Kier molecular flexibility index (Phi) is 5.55. The highest BCUT2D eigenvalue weighted by Gasteiger charge is 2.21. The molecule has 3 nitrogen and oxygen atoms in total. The van der Waals surface area contributed by atoms with Crippen molar-refractivity contribution in [1.82, 2.24) is 9.88 Å². The number of hydrogen-bond donors (Lipinski definition) is 1. The fourth-order valence-corrected chi connectivity index (χ4v) is 5.63. The molecule has 1 atom stereocenters. The minimum Gasteiger partial charge on any atom is -0.360 e. The quantitative estimate of drug-likeness (QED) is 0.271. The van der Waals surface area contributed by atoms with Gasteiger partial charge in [-0.2, -0.15) is 0 Å². The van der Waals surface area contributed by atoms with E-state index in [1.807, 2.05) is 6.07 Å². The summed E-state index contributed by atoms with van der Waals surface area (Å²) < 4.78 is 2.43. The number of nitrogens with zero attached hydrogens (tertiary/aromatic N) is 2. The standard InChI is InChI=1S/C35H29N3/c1-24-15-17-25(18-16-24)31-23-32(37-35(36-31)27-9-3-2-4-10-27)26-19-21-28(22-20-26)38-33-13-7-5-11-29(33)30-12-6-8-14-34(30)38/h2-7,9-13,15-23,35-36H,8,14H2,1H3. The number of rotatable bonds is 4. The summed E-state index contributed by atoms with van der Waals surface area (Å²) in [6, 6.07) is 36.8. The summed E-state index contributed by atoms with van der Waals surface area (Å²) >= 11 is 0. The third-order valence-electron chi connectivity index (χ3n) is 7.59. The lowest BCUT2D eigenvalue weighted by molar-refractivity contribution is 0.664. The zero-order valence-corrected chi connectivity index (χ0v) is 21.4. The Morgan fingerprint density at radius 1 is 0.789 bits per heavy atom. The highest BCUT2D eigenvalue weighted by Crippen LogP contribution is 2.34. The highest BCUT2D eigenvalue weighted by atomic mass is 15.1. The zero-order valence-electron chi connectivity index (χ0n) is 21.4. The molecule has 0 amide bonds. The molecule has 1 aliphatic carbocycles. The predicted molar refractivity (Wildman–Crippen MR) is 159 cm³/mol. The second-order valence-electron chi connectivity index (χ2n) is 10.1. The van der Waals surface area contributed by atoms with E-state index >= 15 is 0 Å². The Morgan fingerprint density at radius 3 is 2.34 bits per heavy atom. The molecule has 3 heteroatoms. The maximum Gasteiger partial charge on any atom is 0.145 e. The van der Waals surface area contributed by atoms with Crippen molar-refractivity contribution in [3.63, 3.8) is 0 Å². The third-order valence-corrected chi connectivity index (χ3v) is 7.59. The van der Waals surface area contributed by atoms with Gasteiger partial charge in [-0.05, 0) is 60.7 Å². The second-order valence-corrected chi connectivity index (χ2v) is 10.1. The maximum absolute atomic E-state index is 5.14. The van der Waals surface area contributed by atoms with Gasteiger partial charge in [-0.15, -0.1) is 0 Å². The summed E-state index contributed by atoms with van der Waals surface area (Å²) in [7, 11) is 0. The first kappa shape index (κ1) is 22.6. The molecule has 2 aliphatic rings. The minimum absolute atomic E-state index is 0.139. The molecule has 4 aromatic carbocycles. The van der Waals surface area contributed by atoms with Crippen molar-refractivity contribution in [3.8, 4) is 5.69 Å². The van der Waals surface area contributed by atoms with E-state index in [4.69, 9.17) is 4.99 Å². The lowest BCUT2D eigenvalue weighted by atomic mass is 10.0. The third kappa shape index (κ3) is 3.97. The average molecular weight is 492 g/mol. The van der Waals surface area contributed by atoms with E-state index in [0.717, 1.165) is 35.4 Å². The van der Waals surface area contributed by atoms with E-state index in [1.54, 1.807) is 0 Å². The molecule has 1 aliphatic heterocycles. The maximum atomic E-state index is 5.14. The SMILES string of the molecule is Cc1ccc(C2=CC(c3ccc(-n4c5c(c6ccccc64)C=CCC5)cc3)=NC(c3ccccc3)N2)cc1. The number of aliphatic imine (C=N–C) groups is 1. The minimum atomic E-state index is -0.139. The number of allylic oxidation sites excluding steroid dienone is 2. The van der Waals surface area contributed by atoms with E-state index in [-0.39, 0.29) is 6.17 Å². The summed E-state index contributed by atoms with van der Waals surface area (Å²) in [6.45, 7) is 2.12. The Balaban J connectivity index is 1.30. The van der Waals surface area contributed by atoms with Gasteiger partial charge < -0.3 is 9.88 Å². The van der Waals surface area contributed by atoms with Crippen LogP contribution in [0.1, 0.15) is 46.1 Å². The largest absolute Gasteiger partial charge is 0.360 e. The van der Waals surface area contributed by atoms with Crippen LogP contribution in [0.25, 0.3) is 28.4 Å². The molecular weight excluding hydrogens is 462 g/mol. The number of aryl methyl sites for hydroxylation is 1. The fourth-order valence-electron chi connectivity index (χ4n) is 5.63. The molecule has 0 bridgehead atoms. The van der Waals surface area contributed by atoms with Gasteiger partial charge in [0.1, 0.15) is 6.17 Å². The van der Waals surface area contributed by atoms with Gasteiger partial charge in [-0.1, -0.05) is 103 Å². The first-order valence-electron chi connectivity index (χ1n) is 13.3. The van der Waals surface area contributed by atoms with Crippen molar-refractivity contribution in [2.45, 2.75) is 25.9 Å². The van der Waals surface area contributed by atoms with Crippen LogP contribution in [0.4, 0.5) is 0 Å².